The van der Waals surface area contributed by atoms with Crippen LogP contribution < -0.4 is 0 Å². The molecule has 0 fully saturated rings. The number of benzene rings is 1. The summed E-state index contributed by atoms with van der Waals surface area (Å²) in [5.41, 5.74) is 0.693. The van der Waals surface area contributed by atoms with Crippen LogP contribution in [-0.4, -0.2) is 16.8 Å². The monoisotopic (exact) mass is 284 g/mol. The molecule has 1 aromatic carbocycles. The Labute approximate surface area is 118 Å². The first kappa shape index (κ1) is 12.8. The summed E-state index contributed by atoms with van der Waals surface area (Å²) in [7, 11) is 0. The van der Waals surface area contributed by atoms with E-state index >= 15 is 0 Å². The van der Waals surface area contributed by atoms with E-state index in [2.05, 4.69) is 4.99 Å². The number of nitro benzene ring substituents is 1. The molecule has 0 saturated heterocycles. The van der Waals surface area contributed by atoms with Gasteiger partial charge in [0.05, 0.1) is 11.2 Å². The lowest BCUT2D eigenvalue weighted by molar-refractivity contribution is -0.384. The lowest BCUT2D eigenvalue weighted by Crippen LogP contribution is -2.04. The smallest absolute Gasteiger partial charge is 0.363 e. The van der Waals surface area contributed by atoms with Gasteiger partial charge in [0.15, 0.2) is 11.5 Å². The predicted octanol–water partition coefficient (Wildman–Crippen LogP) is 2.53. The van der Waals surface area contributed by atoms with Crippen LogP contribution in [0, 0.1) is 10.1 Å². The van der Waals surface area contributed by atoms with E-state index < -0.39 is 10.9 Å². The van der Waals surface area contributed by atoms with Crippen LogP contribution in [0.1, 0.15) is 11.3 Å². The van der Waals surface area contributed by atoms with E-state index in [1.807, 2.05) is 0 Å². The van der Waals surface area contributed by atoms with Gasteiger partial charge in [-0.05, 0) is 35.9 Å². The van der Waals surface area contributed by atoms with Crippen LogP contribution >= 0.6 is 0 Å². The number of cyclic esters (lactones) is 1. The van der Waals surface area contributed by atoms with Crippen molar-refractivity contribution < 1.29 is 18.9 Å². The molecule has 0 atom stereocenters. The van der Waals surface area contributed by atoms with E-state index in [0.717, 1.165) is 0 Å². The Kier molecular flexibility index (Phi) is 3.07. The first-order chi connectivity index (χ1) is 10.1. The molecule has 104 valence electrons. The third-order valence-electron chi connectivity index (χ3n) is 2.76. The number of carbonyl (C=O) groups excluding carboxylic acids is 1. The number of carbonyl (C=O) groups is 1. The van der Waals surface area contributed by atoms with Gasteiger partial charge in [0, 0.05) is 12.1 Å². The molecule has 0 unspecified atom stereocenters. The molecule has 1 aliphatic rings. The molecule has 2 heterocycles. The number of hydrogen-bond acceptors (Lipinski definition) is 6. The molecular weight excluding hydrogens is 276 g/mol. The molecule has 1 aliphatic heterocycles. The number of hydrogen-bond donors (Lipinski definition) is 0. The summed E-state index contributed by atoms with van der Waals surface area (Å²) in [6.45, 7) is 0. The summed E-state index contributed by atoms with van der Waals surface area (Å²) in [4.78, 5) is 25.8. The van der Waals surface area contributed by atoms with Gasteiger partial charge in [0.25, 0.3) is 11.6 Å². The molecule has 0 N–H and O–H groups in total. The van der Waals surface area contributed by atoms with Crippen LogP contribution in [0.2, 0.25) is 0 Å². The third-order valence-corrected chi connectivity index (χ3v) is 2.76. The van der Waals surface area contributed by atoms with Crippen LogP contribution in [0.3, 0.4) is 0 Å². The van der Waals surface area contributed by atoms with E-state index in [9.17, 15) is 14.9 Å². The van der Waals surface area contributed by atoms with Crippen LogP contribution in [0.25, 0.3) is 6.08 Å². The van der Waals surface area contributed by atoms with Crippen molar-refractivity contribution in [1.82, 2.24) is 0 Å². The topological polar surface area (TPSA) is 94.9 Å². The zero-order chi connectivity index (χ0) is 14.8. The molecule has 1 aromatic heterocycles. The van der Waals surface area contributed by atoms with Crippen molar-refractivity contribution in [3.63, 3.8) is 0 Å². The Morgan fingerprint density at radius 2 is 1.95 bits per heavy atom. The van der Waals surface area contributed by atoms with Gasteiger partial charge in [0.1, 0.15) is 0 Å². The van der Waals surface area contributed by atoms with Crippen molar-refractivity contribution in [3.05, 3.63) is 69.8 Å². The standard InChI is InChI=1S/C14H8N2O5/c17-14-11(15-13(21-14)12-2-1-7-20-12)8-9-3-5-10(6-4-9)16(18)19/h1-8H. The highest BCUT2D eigenvalue weighted by molar-refractivity contribution is 6.11. The number of non-ortho nitro benzene ring substituents is 1. The van der Waals surface area contributed by atoms with Crippen molar-refractivity contribution in [2.75, 3.05) is 0 Å². The minimum atomic E-state index is -0.597. The quantitative estimate of drug-likeness (QED) is 0.373. The van der Waals surface area contributed by atoms with Crippen molar-refractivity contribution in [2.24, 2.45) is 4.99 Å². The number of furan rings is 1. The molecule has 0 saturated carbocycles. The number of nitrogens with zero attached hydrogens (tertiary/aromatic N) is 2. The highest BCUT2D eigenvalue weighted by Gasteiger charge is 2.25. The van der Waals surface area contributed by atoms with E-state index in [1.54, 1.807) is 12.1 Å². The number of aliphatic imine (C=N–C) groups is 1. The van der Waals surface area contributed by atoms with E-state index in [1.165, 1.54) is 36.6 Å². The van der Waals surface area contributed by atoms with Crippen LogP contribution in [0.4, 0.5) is 5.69 Å². The van der Waals surface area contributed by atoms with Gasteiger partial charge >= 0.3 is 5.97 Å². The van der Waals surface area contributed by atoms with Crippen molar-refractivity contribution in [3.8, 4) is 0 Å². The second-order valence-electron chi connectivity index (χ2n) is 4.16. The van der Waals surface area contributed by atoms with Crippen LogP contribution in [0.15, 0.2) is 57.8 Å². The van der Waals surface area contributed by atoms with E-state index in [0.29, 0.717) is 11.3 Å². The second-order valence-corrected chi connectivity index (χ2v) is 4.16. The summed E-state index contributed by atoms with van der Waals surface area (Å²) in [5, 5.41) is 10.6. The van der Waals surface area contributed by atoms with Gasteiger partial charge in [-0.25, -0.2) is 9.79 Å². The largest absolute Gasteiger partial charge is 0.459 e. The molecule has 2 aromatic rings. The molecule has 0 aliphatic carbocycles. The third kappa shape index (κ3) is 2.57. The van der Waals surface area contributed by atoms with Gasteiger partial charge in [-0.1, -0.05) is 0 Å². The lowest BCUT2D eigenvalue weighted by atomic mass is 10.2. The lowest BCUT2D eigenvalue weighted by Gasteiger charge is -1.94. The molecule has 3 rings (SSSR count). The molecular formula is C14H8N2O5. The number of ether oxygens (including phenoxy) is 1. The summed E-state index contributed by atoms with van der Waals surface area (Å²) in [5.74, 6) is -0.145. The van der Waals surface area contributed by atoms with Gasteiger partial charge in [-0.15, -0.1) is 0 Å². The molecule has 7 heteroatoms. The van der Waals surface area contributed by atoms with Gasteiger partial charge in [-0.2, -0.15) is 0 Å². The predicted molar refractivity (Wildman–Crippen MR) is 72.4 cm³/mol. The number of nitro groups is 1. The molecule has 7 nitrogen and oxygen atoms in total. The first-order valence-electron chi connectivity index (χ1n) is 5.94. The fourth-order valence-corrected chi connectivity index (χ4v) is 1.76. The summed E-state index contributed by atoms with van der Waals surface area (Å²) in [6, 6.07) is 9.04. The Balaban J connectivity index is 1.89. The van der Waals surface area contributed by atoms with Crippen LogP contribution in [-0.2, 0) is 9.53 Å². The first-order valence-corrected chi connectivity index (χ1v) is 5.94. The maximum absolute atomic E-state index is 11.7. The van der Waals surface area contributed by atoms with Gasteiger partial charge < -0.3 is 9.15 Å². The Morgan fingerprint density at radius 1 is 1.19 bits per heavy atom. The maximum atomic E-state index is 11.7. The van der Waals surface area contributed by atoms with E-state index in [4.69, 9.17) is 9.15 Å². The minimum Gasteiger partial charge on any atom is -0.459 e. The fraction of sp³-hybridized carbons (Fsp3) is 0. The molecule has 0 amide bonds. The number of esters is 1. The SMILES string of the molecule is O=C1OC(c2ccco2)=NC1=Cc1ccc([N+](=O)[O-])cc1. The van der Waals surface area contributed by atoms with Crippen LogP contribution in [0.5, 0.6) is 0 Å². The minimum absolute atomic E-state index is 0.0223. The Bertz CT molecular complexity index is 757. The highest BCUT2D eigenvalue weighted by Crippen LogP contribution is 2.20. The van der Waals surface area contributed by atoms with E-state index in [-0.39, 0.29) is 17.3 Å². The van der Waals surface area contributed by atoms with Crippen molar-refractivity contribution >= 4 is 23.6 Å². The van der Waals surface area contributed by atoms with Crippen molar-refractivity contribution in [2.45, 2.75) is 0 Å². The Morgan fingerprint density at radius 3 is 2.57 bits per heavy atom. The maximum Gasteiger partial charge on any atom is 0.363 e. The summed E-state index contributed by atoms with van der Waals surface area (Å²) >= 11 is 0. The van der Waals surface area contributed by atoms with Gasteiger partial charge in [0.2, 0.25) is 0 Å². The molecule has 0 bridgehead atoms. The Hall–Kier alpha value is -3.22. The van der Waals surface area contributed by atoms with Crippen molar-refractivity contribution in [1.29, 1.82) is 0 Å². The second kappa shape index (κ2) is 5.04. The normalized spacial score (nSPS) is 15.9. The number of rotatable bonds is 3. The average molecular weight is 284 g/mol. The zero-order valence-electron chi connectivity index (χ0n) is 10.6. The summed E-state index contributed by atoms with van der Waals surface area (Å²) < 4.78 is 10.1. The molecule has 21 heavy (non-hydrogen) atoms. The summed E-state index contributed by atoms with van der Waals surface area (Å²) in [6.07, 6.45) is 2.94. The zero-order valence-corrected chi connectivity index (χ0v) is 10.6. The molecule has 0 radical (unpaired) electrons. The highest BCUT2D eigenvalue weighted by atomic mass is 16.6. The molecule has 0 spiro atoms. The fourth-order valence-electron chi connectivity index (χ4n) is 1.76. The average Bonchev–Trinajstić information content (AvgIpc) is 3.10. The van der Waals surface area contributed by atoms with Gasteiger partial charge in [-0.3, -0.25) is 10.1 Å².